The first-order valence-electron chi connectivity index (χ1n) is 8.87. The van der Waals surface area contributed by atoms with Crippen LogP contribution in [0.4, 0.5) is 0 Å². The molecular weight excluding hydrogens is 326 g/mol. The van der Waals surface area contributed by atoms with Gasteiger partial charge in [-0.3, -0.25) is 0 Å². The molecule has 128 valence electrons. The van der Waals surface area contributed by atoms with Crippen LogP contribution in [0.1, 0.15) is 42.9 Å². The maximum atomic E-state index is 12.3. The molecule has 1 saturated heterocycles. The lowest BCUT2D eigenvalue weighted by Crippen LogP contribution is -3.11. The molecule has 2 N–H and O–H groups in total. The number of phenols is 1. The van der Waals surface area contributed by atoms with Crippen molar-refractivity contribution in [2.24, 2.45) is 5.92 Å². The number of benzene rings is 1. The highest BCUT2D eigenvalue weighted by molar-refractivity contribution is 6.33. The fourth-order valence-electron chi connectivity index (χ4n) is 4.20. The highest BCUT2D eigenvalue weighted by Crippen LogP contribution is 2.37. The Morgan fingerprint density at radius 3 is 2.75 bits per heavy atom. The molecule has 0 unspecified atom stereocenters. The molecule has 0 amide bonds. The summed E-state index contributed by atoms with van der Waals surface area (Å²) in [5, 5.41) is 11.8. The van der Waals surface area contributed by atoms with E-state index >= 15 is 0 Å². The summed E-state index contributed by atoms with van der Waals surface area (Å²) in [4.78, 5) is 13.7. The Morgan fingerprint density at radius 1 is 1.29 bits per heavy atom. The quantitative estimate of drug-likeness (QED) is 0.820. The van der Waals surface area contributed by atoms with Crippen molar-refractivity contribution in [1.82, 2.24) is 0 Å². The SMILES string of the molecule is CC1CC[NH+](Cc2c(O)c(Cl)cc3c4c(c(=O)oc23)CCC4)CC1. The number of hydrogen-bond donors (Lipinski definition) is 2. The maximum absolute atomic E-state index is 12.3. The largest absolute Gasteiger partial charge is 0.506 e. The minimum Gasteiger partial charge on any atom is -0.506 e. The van der Waals surface area contributed by atoms with Crippen molar-refractivity contribution >= 4 is 22.6 Å². The van der Waals surface area contributed by atoms with Gasteiger partial charge >= 0.3 is 5.63 Å². The number of piperidine rings is 1. The van der Waals surface area contributed by atoms with Gasteiger partial charge in [0.2, 0.25) is 0 Å². The van der Waals surface area contributed by atoms with Gasteiger partial charge in [0.15, 0.2) is 5.58 Å². The van der Waals surface area contributed by atoms with Crippen LogP contribution in [0.3, 0.4) is 0 Å². The Balaban J connectivity index is 1.83. The van der Waals surface area contributed by atoms with Crippen molar-refractivity contribution in [3.8, 4) is 5.75 Å². The molecule has 4 rings (SSSR count). The van der Waals surface area contributed by atoms with Crippen LogP contribution in [0.2, 0.25) is 5.02 Å². The lowest BCUT2D eigenvalue weighted by atomic mass is 9.98. The number of likely N-dealkylation sites (tertiary alicyclic amines) is 1. The van der Waals surface area contributed by atoms with Gasteiger partial charge < -0.3 is 14.4 Å². The number of fused-ring (bicyclic) bond motifs is 3. The zero-order chi connectivity index (χ0) is 16.8. The molecule has 1 fully saturated rings. The average molecular weight is 349 g/mol. The van der Waals surface area contributed by atoms with E-state index in [4.69, 9.17) is 16.0 Å². The van der Waals surface area contributed by atoms with E-state index in [-0.39, 0.29) is 11.4 Å². The minimum absolute atomic E-state index is 0.0661. The number of hydrogen-bond acceptors (Lipinski definition) is 3. The Morgan fingerprint density at radius 2 is 2.00 bits per heavy atom. The summed E-state index contributed by atoms with van der Waals surface area (Å²) in [6, 6.07) is 1.76. The Labute approximate surface area is 146 Å². The van der Waals surface area contributed by atoms with Crippen LogP contribution in [-0.4, -0.2) is 18.2 Å². The second kappa shape index (κ2) is 6.08. The van der Waals surface area contributed by atoms with Crippen molar-refractivity contribution < 1.29 is 14.4 Å². The van der Waals surface area contributed by atoms with Gasteiger partial charge in [-0.05, 0) is 49.7 Å². The molecule has 1 aromatic heterocycles. The summed E-state index contributed by atoms with van der Waals surface area (Å²) in [5.41, 5.74) is 2.82. The first-order chi connectivity index (χ1) is 11.5. The molecule has 2 heterocycles. The zero-order valence-electron chi connectivity index (χ0n) is 14.0. The molecule has 0 saturated carbocycles. The number of aromatic hydroxyl groups is 1. The molecule has 5 heteroatoms. The van der Waals surface area contributed by atoms with Gasteiger partial charge in [-0.15, -0.1) is 0 Å². The maximum Gasteiger partial charge on any atom is 0.339 e. The van der Waals surface area contributed by atoms with E-state index in [1.807, 2.05) is 0 Å². The van der Waals surface area contributed by atoms with Crippen molar-refractivity contribution in [2.75, 3.05) is 13.1 Å². The van der Waals surface area contributed by atoms with Crippen LogP contribution in [0.15, 0.2) is 15.3 Å². The average Bonchev–Trinajstić information content (AvgIpc) is 3.05. The van der Waals surface area contributed by atoms with Crippen LogP contribution >= 0.6 is 11.6 Å². The van der Waals surface area contributed by atoms with Gasteiger partial charge in [-0.2, -0.15) is 0 Å². The second-order valence-electron chi connectivity index (χ2n) is 7.37. The van der Waals surface area contributed by atoms with Crippen LogP contribution in [0.5, 0.6) is 5.75 Å². The summed E-state index contributed by atoms with van der Waals surface area (Å²) in [7, 11) is 0. The van der Waals surface area contributed by atoms with E-state index in [1.54, 1.807) is 6.07 Å². The summed E-state index contributed by atoms with van der Waals surface area (Å²) in [5.74, 6) is 0.830. The number of quaternary nitrogens is 1. The molecule has 2 aromatic rings. The standard InChI is InChI=1S/C19H22ClNO3/c1-11-5-7-21(8-6-11)10-15-17(22)16(20)9-14-12-3-2-4-13(12)19(23)24-18(14)15/h9,11,22H,2-8,10H2,1H3/p+1. The molecule has 0 bridgehead atoms. The Bertz CT molecular complexity index is 850. The molecule has 2 aliphatic rings. The molecule has 24 heavy (non-hydrogen) atoms. The molecule has 1 aliphatic carbocycles. The van der Waals surface area contributed by atoms with Gasteiger partial charge in [-0.25, -0.2) is 4.79 Å². The number of aryl methyl sites for hydroxylation is 1. The van der Waals surface area contributed by atoms with Crippen LogP contribution in [0.25, 0.3) is 11.0 Å². The highest BCUT2D eigenvalue weighted by Gasteiger charge is 2.27. The summed E-state index contributed by atoms with van der Waals surface area (Å²) in [6.07, 6.45) is 5.01. The number of phenolic OH excluding ortho intramolecular Hbond substituents is 1. The Kier molecular flexibility index (Phi) is 4.05. The first-order valence-corrected chi connectivity index (χ1v) is 9.25. The summed E-state index contributed by atoms with van der Waals surface area (Å²) in [6.45, 7) is 5.08. The lowest BCUT2D eigenvalue weighted by molar-refractivity contribution is -0.919. The van der Waals surface area contributed by atoms with E-state index in [9.17, 15) is 9.90 Å². The van der Waals surface area contributed by atoms with Crippen LogP contribution in [-0.2, 0) is 19.4 Å². The molecule has 0 radical (unpaired) electrons. The molecular formula is C19H23ClNO3+. The number of rotatable bonds is 2. The van der Waals surface area contributed by atoms with E-state index in [2.05, 4.69) is 6.92 Å². The predicted molar refractivity (Wildman–Crippen MR) is 94.0 cm³/mol. The molecule has 0 spiro atoms. The minimum atomic E-state index is -0.250. The van der Waals surface area contributed by atoms with Gasteiger partial charge in [-0.1, -0.05) is 18.5 Å². The predicted octanol–water partition coefficient (Wildman–Crippen LogP) is 2.46. The van der Waals surface area contributed by atoms with E-state index < -0.39 is 0 Å². The fraction of sp³-hybridized carbons (Fsp3) is 0.526. The number of halogens is 1. The van der Waals surface area contributed by atoms with Crippen molar-refractivity contribution in [1.29, 1.82) is 0 Å². The zero-order valence-corrected chi connectivity index (χ0v) is 14.7. The first kappa shape index (κ1) is 16.0. The monoisotopic (exact) mass is 348 g/mol. The molecule has 1 aromatic carbocycles. The molecule has 4 nitrogen and oxygen atoms in total. The van der Waals surface area contributed by atoms with Gasteiger partial charge in [0.05, 0.1) is 23.7 Å². The van der Waals surface area contributed by atoms with E-state index in [1.165, 1.54) is 17.7 Å². The Hall–Kier alpha value is -1.52. The third kappa shape index (κ3) is 2.62. The van der Waals surface area contributed by atoms with Crippen molar-refractivity contribution in [2.45, 2.75) is 45.6 Å². The number of nitrogens with one attached hydrogen (secondary N) is 1. The third-order valence-corrected chi connectivity index (χ3v) is 5.98. The lowest BCUT2D eigenvalue weighted by Gasteiger charge is -2.27. The van der Waals surface area contributed by atoms with Gasteiger partial charge in [0.1, 0.15) is 12.3 Å². The van der Waals surface area contributed by atoms with Crippen molar-refractivity contribution in [3.05, 3.63) is 38.2 Å². The smallest absolute Gasteiger partial charge is 0.339 e. The van der Waals surface area contributed by atoms with E-state index in [0.717, 1.165) is 54.8 Å². The van der Waals surface area contributed by atoms with Crippen LogP contribution < -0.4 is 10.5 Å². The van der Waals surface area contributed by atoms with Gasteiger partial charge in [0, 0.05) is 10.9 Å². The molecule has 0 atom stereocenters. The van der Waals surface area contributed by atoms with Gasteiger partial charge in [0.25, 0.3) is 0 Å². The third-order valence-electron chi connectivity index (χ3n) is 5.69. The molecule has 1 aliphatic heterocycles. The topological polar surface area (TPSA) is 54.9 Å². The highest BCUT2D eigenvalue weighted by atomic mass is 35.5. The normalized spacial score (nSPS) is 23.6. The van der Waals surface area contributed by atoms with Crippen LogP contribution in [0, 0.1) is 5.92 Å². The second-order valence-corrected chi connectivity index (χ2v) is 7.78. The summed E-state index contributed by atoms with van der Waals surface area (Å²) >= 11 is 6.30. The van der Waals surface area contributed by atoms with E-state index in [0.29, 0.717) is 22.7 Å². The van der Waals surface area contributed by atoms with Crippen molar-refractivity contribution in [3.63, 3.8) is 0 Å². The summed E-state index contributed by atoms with van der Waals surface area (Å²) < 4.78 is 5.65. The fourth-order valence-corrected chi connectivity index (χ4v) is 4.42.